The molecule has 1 unspecified atom stereocenters. The Morgan fingerprint density at radius 2 is 2.11 bits per heavy atom. The van der Waals surface area contributed by atoms with Gasteiger partial charge in [-0.3, -0.25) is 4.98 Å². The van der Waals surface area contributed by atoms with Crippen LogP contribution in [0.5, 0.6) is 0 Å². The molecule has 1 aromatic heterocycles. The van der Waals surface area contributed by atoms with Gasteiger partial charge in [0.05, 0.1) is 5.02 Å². The van der Waals surface area contributed by atoms with Crippen LogP contribution >= 0.6 is 11.6 Å². The lowest BCUT2D eigenvalue weighted by Gasteiger charge is -2.12. The second-order valence-electron chi connectivity index (χ2n) is 4.31. The van der Waals surface area contributed by atoms with Gasteiger partial charge < -0.3 is 5.73 Å². The van der Waals surface area contributed by atoms with Crippen molar-refractivity contribution < 1.29 is 4.39 Å². The van der Waals surface area contributed by atoms with E-state index in [0.717, 1.165) is 16.8 Å². The van der Waals surface area contributed by atoms with Gasteiger partial charge in [-0.1, -0.05) is 23.7 Å². The summed E-state index contributed by atoms with van der Waals surface area (Å²) in [5.74, 6) is -0.430. The van der Waals surface area contributed by atoms with Crippen molar-refractivity contribution in [2.24, 2.45) is 5.73 Å². The van der Waals surface area contributed by atoms with Crippen molar-refractivity contribution in [3.63, 3.8) is 0 Å². The van der Waals surface area contributed by atoms with Gasteiger partial charge in [0, 0.05) is 24.4 Å². The molecule has 0 radical (unpaired) electrons. The summed E-state index contributed by atoms with van der Waals surface area (Å²) in [5.41, 5.74) is 8.89. The number of hydrogen-bond donors (Lipinski definition) is 1. The molecule has 2 rings (SSSR count). The van der Waals surface area contributed by atoms with Gasteiger partial charge in [-0.25, -0.2) is 4.39 Å². The topological polar surface area (TPSA) is 38.9 Å². The van der Waals surface area contributed by atoms with Crippen molar-refractivity contribution in [3.05, 3.63) is 64.2 Å². The van der Waals surface area contributed by atoms with Gasteiger partial charge in [0.15, 0.2) is 0 Å². The second-order valence-corrected chi connectivity index (χ2v) is 4.72. The SMILES string of the molecule is Cc1ccc(CC(N)c2ccc(F)c(Cl)c2)nc1. The van der Waals surface area contributed by atoms with E-state index in [2.05, 4.69) is 4.98 Å². The van der Waals surface area contributed by atoms with E-state index in [-0.39, 0.29) is 11.1 Å². The third-order valence-corrected chi connectivity index (χ3v) is 3.06. The first-order valence-electron chi connectivity index (χ1n) is 5.68. The fraction of sp³-hybridized carbons (Fsp3) is 0.214. The van der Waals surface area contributed by atoms with Crippen molar-refractivity contribution in [2.75, 3.05) is 0 Å². The minimum atomic E-state index is -0.430. The highest BCUT2D eigenvalue weighted by Gasteiger charge is 2.10. The number of aromatic nitrogens is 1. The van der Waals surface area contributed by atoms with Crippen LogP contribution in [0.3, 0.4) is 0 Å². The van der Waals surface area contributed by atoms with Crippen molar-refractivity contribution in [1.82, 2.24) is 4.98 Å². The molecule has 0 bridgehead atoms. The van der Waals surface area contributed by atoms with E-state index >= 15 is 0 Å². The van der Waals surface area contributed by atoms with E-state index in [0.29, 0.717) is 6.42 Å². The Labute approximate surface area is 111 Å². The van der Waals surface area contributed by atoms with E-state index < -0.39 is 5.82 Å². The van der Waals surface area contributed by atoms with E-state index in [9.17, 15) is 4.39 Å². The largest absolute Gasteiger partial charge is 0.324 e. The predicted molar refractivity (Wildman–Crippen MR) is 71.0 cm³/mol. The van der Waals surface area contributed by atoms with Gasteiger partial charge >= 0.3 is 0 Å². The lowest BCUT2D eigenvalue weighted by Crippen LogP contribution is -2.14. The first-order valence-corrected chi connectivity index (χ1v) is 6.06. The van der Waals surface area contributed by atoms with Crippen LogP contribution in [0.4, 0.5) is 4.39 Å². The first kappa shape index (κ1) is 13.0. The Kier molecular flexibility index (Phi) is 3.94. The van der Waals surface area contributed by atoms with Crippen molar-refractivity contribution in [1.29, 1.82) is 0 Å². The number of rotatable bonds is 3. The summed E-state index contributed by atoms with van der Waals surface area (Å²) < 4.78 is 13.0. The summed E-state index contributed by atoms with van der Waals surface area (Å²) in [6.45, 7) is 1.98. The van der Waals surface area contributed by atoms with Crippen LogP contribution in [0.1, 0.15) is 22.9 Å². The lowest BCUT2D eigenvalue weighted by molar-refractivity contribution is 0.624. The van der Waals surface area contributed by atoms with Crippen LogP contribution in [0.2, 0.25) is 5.02 Å². The Balaban J connectivity index is 2.13. The number of nitrogens with two attached hydrogens (primary N) is 1. The zero-order valence-corrected chi connectivity index (χ0v) is 10.8. The fourth-order valence-electron chi connectivity index (χ4n) is 1.71. The molecule has 0 saturated carbocycles. The van der Waals surface area contributed by atoms with Gasteiger partial charge in [-0.2, -0.15) is 0 Å². The molecule has 94 valence electrons. The van der Waals surface area contributed by atoms with E-state index in [1.54, 1.807) is 18.3 Å². The molecule has 1 aromatic carbocycles. The third-order valence-electron chi connectivity index (χ3n) is 2.77. The molecule has 0 saturated heterocycles. The fourth-order valence-corrected chi connectivity index (χ4v) is 1.89. The molecule has 0 spiro atoms. The first-order chi connectivity index (χ1) is 8.56. The highest BCUT2D eigenvalue weighted by molar-refractivity contribution is 6.30. The highest BCUT2D eigenvalue weighted by atomic mass is 35.5. The predicted octanol–water partition coefficient (Wildman–Crippen LogP) is 3.43. The van der Waals surface area contributed by atoms with Gasteiger partial charge in [0.25, 0.3) is 0 Å². The minimum absolute atomic E-state index is 0.0971. The molecular formula is C14H14ClFN2. The van der Waals surface area contributed by atoms with Crippen LogP contribution in [0.25, 0.3) is 0 Å². The average Bonchev–Trinajstić information content (AvgIpc) is 2.35. The molecule has 2 N–H and O–H groups in total. The maximum Gasteiger partial charge on any atom is 0.141 e. The number of benzene rings is 1. The molecule has 0 aliphatic heterocycles. The highest BCUT2D eigenvalue weighted by Crippen LogP contribution is 2.21. The van der Waals surface area contributed by atoms with E-state index in [1.807, 2.05) is 19.1 Å². The molecule has 2 nitrogen and oxygen atoms in total. The molecule has 4 heteroatoms. The second kappa shape index (κ2) is 5.46. The summed E-state index contributed by atoms with van der Waals surface area (Å²) in [6, 6.07) is 8.25. The summed E-state index contributed by atoms with van der Waals surface area (Å²) in [6.07, 6.45) is 2.40. The Morgan fingerprint density at radius 3 is 2.72 bits per heavy atom. The number of halogens is 2. The zero-order chi connectivity index (χ0) is 13.1. The molecule has 18 heavy (non-hydrogen) atoms. The van der Waals surface area contributed by atoms with Crippen molar-refractivity contribution in [2.45, 2.75) is 19.4 Å². The quantitative estimate of drug-likeness (QED) is 0.923. The summed E-state index contributed by atoms with van der Waals surface area (Å²) in [4.78, 5) is 4.30. The van der Waals surface area contributed by atoms with Gasteiger partial charge in [0.2, 0.25) is 0 Å². The smallest absolute Gasteiger partial charge is 0.141 e. The zero-order valence-electron chi connectivity index (χ0n) is 10.0. The van der Waals surface area contributed by atoms with Crippen molar-refractivity contribution in [3.8, 4) is 0 Å². The number of nitrogens with zero attached hydrogens (tertiary/aromatic N) is 1. The Bertz CT molecular complexity index is 540. The van der Waals surface area contributed by atoms with Crippen LogP contribution in [0, 0.1) is 12.7 Å². The summed E-state index contributed by atoms with van der Waals surface area (Å²) >= 11 is 5.74. The van der Waals surface area contributed by atoms with Gasteiger partial charge in [-0.05, 0) is 36.2 Å². The monoisotopic (exact) mass is 264 g/mol. The molecular weight excluding hydrogens is 251 g/mol. The van der Waals surface area contributed by atoms with E-state index in [4.69, 9.17) is 17.3 Å². The maximum atomic E-state index is 13.0. The number of pyridine rings is 1. The van der Waals surface area contributed by atoms with Crippen LogP contribution in [0.15, 0.2) is 36.5 Å². The molecule has 1 heterocycles. The average molecular weight is 265 g/mol. The Morgan fingerprint density at radius 1 is 1.33 bits per heavy atom. The Hall–Kier alpha value is -1.45. The minimum Gasteiger partial charge on any atom is -0.324 e. The normalized spacial score (nSPS) is 12.4. The number of aryl methyl sites for hydroxylation is 1. The molecule has 0 aliphatic rings. The third kappa shape index (κ3) is 3.06. The van der Waals surface area contributed by atoms with E-state index in [1.165, 1.54) is 6.07 Å². The summed E-state index contributed by atoms with van der Waals surface area (Å²) in [5, 5.41) is 0.0971. The molecule has 2 aromatic rings. The van der Waals surface area contributed by atoms with Gasteiger partial charge in [-0.15, -0.1) is 0 Å². The standard InChI is InChI=1S/C14H14ClFN2/c1-9-2-4-11(18-8-9)7-14(17)10-3-5-13(16)12(15)6-10/h2-6,8,14H,7,17H2,1H3. The van der Waals surface area contributed by atoms with Gasteiger partial charge in [0.1, 0.15) is 5.82 Å². The summed E-state index contributed by atoms with van der Waals surface area (Å²) in [7, 11) is 0. The van der Waals surface area contributed by atoms with Crippen LogP contribution in [-0.2, 0) is 6.42 Å². The molecule has 0 amide bonds. The number of hydrogen-bond acceptors (Lipinski definition) is 2. The van der Waals surface area contributed by atoms with Crippen molar-refractivity contribution >= 4 is 11.6 Å². The molecule has 0 fully saturated rings. The molecule has 0 aliphatic carbocycles. The molecule has 1 atom stereocenters. The maximum absolute atomic E-state index is 13.0. The van der Waals surface area contributed by atoms with Crippen LogP contribution < -0.4 is 5.73 Å². The lowest BCUT2D eigenvalue weighted by atomic mass is 10.0. The van der Waals surface area contributed by atoms with Crippen LogP contribution in [-0.4, -0.2) is 4.98 Å².